The molecule has 5 nitrogen and oxygen atoms in total. The van der Waals surface area contributed by atoms with E-state index < -0.39 is 5.76 Å². The molecule has 6 heteroatoms. The molecule has 0 aliphatic carbocycles. The maximum Gasteiger partial charge on any atom is 0.419 e. The maximum absolute atomic E-state index is 12.8. The number of aromatic nitrogens is 1. The van der Waals surface area contributed by atoms with Crippen molar-refractivity contribution >= 4 is 22.7 Å². The predicted molar refractivity (Wildman–Crippen MR) is 94.0 cm³/mol. The van der Waals surface area contributed by atoms with Gasteiger partial charge in [-0.25, -0.2) is 9.18 Å². The molecule has 1 heterocycles. The van der Waals surface area contributed by atoms with Crippen LogP contribution in [0.5, 0.6) is 0 Å². The second-order valence-corrected chi connectivity index (χ2v) is 5.99. The molecule has 0 saturated heterocycles. The average molecular weight is 342 g/mol. The minimum Gasteiger partial charge on any atom is -0.408 e. The fraction of sp³-hybridized carbons (Fsp3) is 0.263. The van der Waals surface area contributed by atoms with E-state index in [9.17, 15) is 14.0 Å². The van der Waals surface area contributed by atoms with Crippen molar-refractivity contribution in [1.29, 1.82) is 0 Å². The third-order valence-electron chi connectivity index (χ3n) is 4.11. The van der Waals surface area contributed by atoms with Gasteiger partial charge in [-0.2, -0.15) is 0 Å². The summed E-state index contributed by atoms with van der Waals surface area (Å²) in [5.74, 6) is -0.749. The lowest BCUT2D eigenvalue weighted by atomic mass is 10.1. The van der Waals surface area contributed by atoms with Crippen LogP contribution < -0.4 is 11.1 Å². The van der Waals surface area contributed by atoms with Crippen molar-refractivity contribution in [2.45, 2.75) is 25.7 Å². The number of hydrogen-bond donors (Lipinski definition) is 1. The lowest BCUT2D eigenvalue weighted by Gasteiger charge is -2.06. The van der Waals surface area contributed by atoms with Gasteiger partial charge >= 0.3 is 5.76 Å². The molecule has 1 aromatic heterocycles. The topological polar surface area (TPSA) is 64.2 Å². The van der Waals surface area contributed by atoms with Crippen molar-refractivity contribution < 1.29 is 13.6 Å². The molecule has 1 N–H and O–H groups in total. The molecule has 0 aliphatic rings. The molecule has 3 aromatic rings. The van der Waals surface area contributed by atoms with Crippen LogP contribution in [0.15, 0.2) is 51.7 Å². The molecule has 0 fully saturated rings. The van der Waals surface area contributed by atoms with Crippen molar-refractivity contribution in [1.82, 2.24) is 4.57 Å². The van der Waals surface area contributed by atoms with E-state index in [1.807, 2.05) is 0 Å². The number of fused-ring (bicyclic) bond motifs is 1. The van der Waals surface area contributed by atoms with Gasteiger partial charge in [0.25, 0.3) is 0 Å². The van der Waals surface area contributed by atoms with Gasteiger partial charge in [-0.1, -0.05) is 12.1 Å². The van der Waals surface area contributed by atoms with Crippen LogP contribution in [0.4, 0.5) is 10.1 Å². The molecule has 25 heavy (non-hydrogen) atoms. The molecule has 130 valence electrons. The van der Waals surface area contributed by atoms with Crippen molar-refractivity contribution in [3.63, 3.8) is 0 Å². The highest BCUT2D eigenvalue weighted by atomic mass is 19.1. The van der Waals surface area contributed by atoms with E-state index in [0.29, 0.717) is 23.2 Å². The summed E-state index contributed by atoms with van der Waals surface area (Å²) in [6.07, 6.45) is 2.82. The third kappa shape index (κ3) is 4.15. The summed E-state index contributed by atoms with van der Waals surface area (Å²) in [7, 11) is 1.62. The van der Waals surface area contributed by atoms with Gasteiger partial charge in [-0.3, -0.25) is 9.36 Å². The average Bonchev–Trinajstić information content (AvgIpc) is 2.88. The minimum absolute atomic E-state index is 0.0769. The highest BCUT2D eigenvalue weighted by Gasteiger charge is 2.08. The van der Waals surface area contributed by atoms with E-state index in [0.717, 1.165) is 24.8 Å². The highest BCUT2D eigenvalue weighted by Crippen LogP contribution is 2.18. The van der Waals surface area contributed by atoms with Crippen LogP contribution in [0.1, 0.15) is 24.8 Å². The van der Waals surface area contributed by atoms with Gasteiger partial charge in [0.2, 0.25) is 5.91 Å². The normalized spacial score (nSPS) is 11.0. The van der Waals surface area contributed by atoms with Crippen LogP contribution in [0.25, 0.3) is 11.1 Å². The van der Waals surface area contributed by atoms with Crippen LogP contribution in [0.3, 0.4) is 0 Å². The number of nitrogens with one attached hydrogen (secondary N) is 1. The monoisotopic (exact) mass is 342 g/mol. The summed E-state index contributed by atoms with van der Waals surface area (Å²) in [5.41, 5.74) is 2.82. The van der Waals surface area contributed by atoms with Gasteiger partial charge in [-0.05, 0) is 55.2 Å². The Bertz CT molecular complexity index is 941. The van der Waals surface area contributed by atoms with Gasteiger partial charge in [0, 0.05) is 19.2 Å². The molecule has 0 atom stereocenters. The third-order valence-corrected chi connectivity index (χ3v) is 4.11. The zero-order valence-electron chi connectivity index (χ0n) is 13.9. The van der Waals surface area contributed by atoms with E-state index in [4.69, 9.17) is 4.42 Å². The number of oxazole rings is 1. The molecule has 1 amide bonds. The van der Waals surface area contributed by atoms with Gasteiger partial charge < -0.3 is 9.73 Å². The lowest BCUT2D eigenvalue weighted by molar-refractivity contribution is -0.116. The Kier molecular flexibility index (Phi) is 4.97. The lowest BCUT2D eigenvalue weighted by Crippen LogP contribution is -2.11. The second-order valence-electron chi connectivity index (χ2n) is 5.99. The van der Waals surface area contributed by atoms with Crippen molar-refractivity contribution in [3.05, 3.63) is 64.4 Å². The van der Waals surface area contributed by atoms with Crippen molar-refractivity contribution in [2.75, 3.05) is 5.32 Å². The Morgan fingerprint density at radius 1 is 1.16 bits per heavy atom. The Morgan fingerprint density at radius 2 is 1.92 bits per heavy atom. The number of benzene rings is 2. The summed E-state index contributed by atoms with van der Waals surface area (Å²) in [5, 5.41) is 2.83. The van der Waals surface area contributed by atoms with Gasteiger partial charge in [0.1, 0.15) is 5.82 Å². The SMILES string of the molecule is Cn1c(=O)oc2ccc(NC(=O)CCCCc3ccc(F)cc3)cc21. The van der Waals surface area contributed by atoms with Crippen LogP contribution in [-0.2, 0) is 18.3 Å². The maximum atomic E-state index is 12.8. The number of halogens is 1. The smallest absolute Gasteiger partial charge is 0.408 e. The fourth-order valence-corrected chi connectivity index (χ4v) is 2.69. The van der Waals surface area contributed by atoms with Crippen LogP contribution in [0, 0.1) is 5.82 Å². The first-order chi connectivity index (χ1) is 12.0. The standard InChI is InChI=1S/C19H19FN2O3/c1-22-16-12-15(10-11-17(16)25-19(22)24)21-18(23)5-3-2-4-13-6-8-14(20)9-7-13/h6-12H,2-5H2,1H3,(H,21,23). The van der Waals surface area contributed by atoms with Gasteiger partial charge in [-0.15, -0.1) is 0 Å². The zero-order valence-corrected chi connectivity index (χ0v) is 13.9. The Morgan fingerprint density at radius 3 is 2.68 bits per heavy atom. The number of carbonyl (C=O) groups is 1. The summed E-state index contributed by atoms with van der Waals surface area (Å²) in [6.45, 7) is 0. The summed E-state index contributed by atoms with van der Waals surface area (Å²) in [4.78, 5) is 23.5. The number of unbranched alkanes of at least 4 members (excludes halogenated alkanes) is 1. The summed E-state index contributed by atoms with van der Waals surface area (Å²) >= 11 is 0. The van der Waals surface area contributed by atoms with Crippen LogP contribution in [0.2, 0.25) is 0 Å². The molecule has 0 bridgehead atoms. The van der Waals surface area contributed by atoms with E-state index in [1.54, 1.807) is 37.4 Å². The Hall–Kier alpha value is -2.89. The van der Waals surface area contributed by atoms with Crippen LogP contribution >= 0.6 is 0 Å². The van der Waals surface area contributed by atoms with E-state index in [-0.39, 0.29) is 11.7 Å². The van der Waals surface area contributed by atoms with E-state index in [1.165, 1.54) is 16.7 Å². The molecule has 0 saturated carbocycles. The molecule has 0 spiro atoms. The summed E-state index contributed by atoms with van der Waals surface area (Å²) < 4.78 is 19.3. The number of hydrogen-bond acceptors (Lipinski definition) is 3. The summed E-state index contributed by atoms with van der Waals surface area (Å²) in [6, 6.07) is 11.5. The second kappa shape index (κ2) is 7.34. The predicted octanol–water partition coefficient (Wildman–Crippen LogP) is 3.62. The number of anilines is 1. The van der Waals surface area contributed by atoms with Gasteiger partial charge in [0.15, 0.2) is 5.58 Å². The largest absolute Gasteiger partial charge is 0.419 e. The Balaban J connectivity index is 1.50. The molecule has 2 aromatic carbocycles. The molecule has 0 radical (unpaired) electrons. The van der Waals surface area contributed by atoms with Crippen molar-refractivity contribution in [2.24, 2.45) is 7.05 Å². The first kappa shape index (κ1) is 17.0. The number of rotatable bonds is 6. The highest BCUT2D eigenvalue weighted by molar-refractivity contribution is 5.92. The zero-order chi connectivity index (χ0) is 17.8. The van der Waals surface area contributed by atoms with E-state index >= 15 is 0 Å². The molecular formula is C19H19FN2O3. The van der Waals surface area contributed by atoms with E-state index in [2.05, 4.69) is 5.32 Å². The molecule has 0 unspecified atom stereocenters. The molecule has 0 aliphatic heterocycles. The Labute approximate surface area is 144 Å². The quantitative estimate of drug-likeness (QED) is 0.696. The first-order valence-corrected chi connectivity index (χ1v) is 8.17. The number of aryl methyl sites for hydroxylation is 2. The molecule has 3 rings (SSSR count). The number of nitrogens with zero attached hydrogens (tertiary/aromatic N) is 1. The minimum atomic E-state index is -0.431. The van der Waals surface area contributed by atoms with Crippen molar-refractivity contribution in [3.8, 4) is 0 Å². The molecular weight excluding hydrogens is 323 g/mol. The van der Waals surface area contributed by atoms with Crippen LogP contribution in [-0.4, -0.2) is 10.5 Å². The number of amides is 1. The van der Waals surface area contributed by atoms with Gasteiger partial charge in [0.05, 0.1) is 5.52 Å². The fourth-order valence-electron chi connectivity index (χ4n) is 2.69. The first-order valence-electron chi connectivity index (χ1n) is 8.17. The number of carbonyl (C=O) groups excluding carboxylic acids is 1.